The number of pyridine rings is 1. The van der Waals surface area contributed by atoms with Crippen LogP contribution >= 0.6 is 0 Å². The van der Waals surface area contributed by atoms with E-state index in [9.17, 15) is 24.0 Å². The van der Waals surface area contributed by atoms with Crippen molar-refractivity contribution in [1.82, 2.24) is 15.2 Å². The molecular weight excluding hydrogens is 510 g/mol. The molecule has 1 unspecified atom stereocenters. The maximum atomic E-state index is 13.7. The zero-order chi connectivity index (χ0) is 28.3. The van der Waals surface area contributed by atoms with Crippen LogP contribution in [0.1, 0.15) is 56.9 Å². The molecule has 2 N–H and O–H groups in total. The Morgan fingerprint density at radius 2 is 1.62 bits per heavy atom. The van der Waals surface area contributed by atoms with Crippen LogP contribution in [-0.2, 0) is 20.8 Å². The monoisotopic (exact) mass is 537 g/mol. The van der Waals surface area contributed by atoms with Gasteiger partial charge in [-0.25, -0.2) is 0 Å². The van der Waals surface area contributed by atoms with Gasteiger partial charge < -0.3 is 10.2 Å². The van der Waals surface area contributed by atoms with Crippen molar-refractivity contribution in [2.24, 2.45) is 0 Å². The summed E-state index contributed by atoms with van der Waals surface area (Å²) < 4.78 is 0. The molecule has 1 aromatic heterocycles. The number of hydrogen-bond acceptors (Lipinski definition) is 7. The fraction of sp³-hybridized carbons (Fsp3) is 0.267. The largest absolute Gasteiger partial charge is 0.354 e. The highest BCUT2D eigenvalue weighted by atomic mass is 16.2. The van der Waals surface area contributed by atoms with E-state index in [0.29, 0.717) is 24.2 Å². The first-order chi connectivity index (χ1) is 19.1. The van der Waals surface area contributed by atoms with Crippen LogP contribution in [0.3, 0.4) is 0 Å². The lowest BCUT2D eigenvalue weighted by molar-refractivity contribution is -0.136. The van der Waals surface area contributed by atoms with Gasteiger partial charge in [-0.15, -0.1) is 0 Å². The van der Waals surface area contributed by atoms with Gasteiger partial charge in [0.25, 0.3) is 11.8 Å². The number of amides is 5. The molecule has 6 rings (SSSR count). The molecule has 1 atom stereocenters. The van der Waals surface area contributed by atoms with Gasteiger partial charge in [-0.05, 0) is 74.2 Å². The Morgan fingerprint density at radius 1 is 0.875 bits per heavy atom. The fourth-order valence-electron chi connectivity index (χ4n) is 5.79. The normalized spacial score (nSPS) is 18.6. The number of imide groups is 2. The van der Waals surface area contributed by atoms with Gasteiger partial charge in [0.15, 0.2) is 0 Å². The first kappa shape index (κ1) is 25.4. The molecule has 2 aromatic carbocycles. The van der Waals surface area contributed by atoms with Crippen molar-refractivity contribution in [1.29, 1.82) is 0 Å². The fourth-order valence-corrected chi connectivity index (χ4v) is 5.79. The molecule has 1 saturated heterocycles. The van der Waals surface area contributed by atoms with Crippen molar-refractivity contribution in [2.75, 3.05) is 17.3 Å². The molecule has 0 spiro atoms. The number of carbonyl (C=O) groups excluding carboxylic acids is 5. The number of piperidine rings is 1. The van der Waals surface area contributed by atoms with Gasteiger partial charge >= 0.3 is 0 Å². The van der Waals surface area contributed by atoms with Gasteiger partial charge in [-0.3, -0.25) is 39.2 Å². The quantitative estimate of drug-likeness (QED) is 0.488. The number of nitrogens with zero attached hydrogens (tertiary/aromatic N) is 3. The SMILES string of the molecule is Cc1cc(-c2cc3c(cc2Nc2cccc4c2C(=O)N(C2CCC(=O)NC2=O)C4=O)N(C)C(=O)CC3)cc(C)n1. The summed E-state index contributed by atoms with van der Waals surface area (Å²) >= 11 is 0. The second-order valence-corrected chi connectivity index (χ2v) is 10.4. The molecule has 0 radical (unpaired) electrons. The average Bonchev–Trinajstić information content (AvgIpc) is 3.16. The van der Waals surface area contributed by atoms with Gasteiger partial charge in [-0.1, -0.05) is 6.07 Å². The van der Waals surface area contributed by atoms with E-state index in [2.05, 4.69) is 21.7 Å². The van der Waals surface area contributed by atoms with E-state index >= 15 is 0 Å². The molecule has 5 amide bonds. The third-order valence-electron chi connectivity index (χ3n) is 7.69. The summed E-state index contributed by atoms with van der Waals surface area (Å²) in [5.41, 5.74) is 6.70. The Balaban J connectivity index is 1.45. The molecule has 1 fully saturated rings. The average molecular weight is 538 g/mol. The minimum Gasteiger partial charge on any atom is -0.354 e. The van der Waals surface area contributed by atoms with Gasteiger partial charge in [0, 0.05) is 48.2 Å². The highest BCUT2D eigenvalue weighted by molar-refractivity contribution is 6.25. The molecule has 3 aliphatic heterocycles. The van der Waals surface area contributed by atoms with E-state index < -0.39 is 29.7 Å². The summed E-state index contributed by atoms with van der Waals surface area (Å²) in [5, 5.41) is 5.60. The van der Waals surface area contributed by atoms with Crippen molar-refractivity contribution in [3.63, 3.8) is 0 Å². The predicted molar refractivity (Wildman–Crippen MR) is 147 cm³/mol. The number of aromatic nitrogens is 1. The summed E-state index contributed by atoms with van der Waals surface area (Å²) in [6, 6.07) is 11.8. The summed E-state index contributed by atoms with van der Waals surface area (Å²) in [6.07, 6.45) is 1.16. The number of carbonyl (C=O) groups is 5. The topological polar surface area (TPSA) is 129 Å². The van der Waals surface area contributed by atoms with Crippen LogP contribution in [0.2, 0.25) is 0 Å². The zero-order valence-electron chi connectivity index (χ0n) is 22.3. The Morgan fingerprint density at radius 3 is 2.35 bits per heavy atom. The standard InChI is InChI=1S/C30H27N5O5/c1-15-11-18(12-16(2)31-15)20-13-17-7-10-26(37)34(3)24(17)14-22(20)32-21-6-4-5-19-27(21)30(40)35(29(19)39)23-8-9-25(36)33-28(23)38/h4-6,11-14,23,32H,7-10H2,1-3H3,(H,33,36,38). The number of rotatable bonds is 4. The molecular formula is C30H27N5O5. The van der Waals surface area contributed by atoms with E-state index in [4.69, 9.17) is 0 Å². The maximum Gasteiger partial charge on any atom is 0.264 e. The number of nitrogens with one attached hydrogen (secondary N) is 2. The van der Waals surface area contributed by atoms with Crippen LogP contribution in [-0.4, -0.2) is 52.5 Å². The van der Waals surface area contributed by atoms with E-state index in [0.717, 1.165) is 38.7 Å². The predicted octanol–water partition coefficient (Wildman–Crippen LogP) is 3.42. The van der Waals surface area contributed by atoms with Gasteiger partial charge in [-0.2, -0.15) is 0 Å². The van der Waals surface area contributed by atoms with Crippen molar-refractivity contribution in [3.05, 3.63) is 70.5 Å². The minimum atomic E-state index is -1.06. The molecule has 0 saturated carbocycles. The van der Waals surface area contributed by atoms with Crippen molar-refractivity contribution >= 4 is 46.6 Å². The number of fused-ring (bicyclic) bond motifs is 2. The maximum absolute atomic E-state index is 13.7. The van der Waals surface area contributed by atoms with E-state index in [1.807, 2.05) is 32.0 Å². The third-order valence-corrected chi connectivity index (χ3v) is 7.69. The van der Waals surface area contributed by atoms with Crippen LogP contribution in [0.25, 0.3) is 11.1 Å². The third kappa shape index (κ3) is 4.12. The van der Waals surface area contributed by atoms with E-state index in [1.165, 1.54) is 0 Å². The molecule has 202 valence electrons. The number of anilines is 3. The Bertz CT molecular complexity index is 1640. The van der Waals surface area contributed by atoms with Gasteiger partial charge in [0.2, 0.25) is 17.7 Å². The second kappa shape index (κ2) is 9.41. The van der Waals surface area contributed by atoms with Crippen molar-refractivity contribution in [3.8, 4) is 11.1 Å². The second-order valence-electron chi connectivity index (χ2n) is 10.4. The summed E-state index contributed by atoms with van der Waals surface area (Å²) in [5.74, 6) is -2.24. The number of hydrogen-bond donors (Lipinski definition) is 2. The first-order valence-corrected chi connectivity index (χ1v) is 13.1. The molecule has 0 bridgehead atoms. The summed E-state index contributed by atoms with van der Waals surface area (Å²) in [7, 11) is 1.74. The molecule has 40 heavy (non-hydrogen) atoms. The number of benzene rings is 2. The van der Waals surface area contributed by atoms with Crippen molar-refractivity contribution < 1.29 is 24.0 Å². The Labute approximate surface area is 230 Å². The summed E-state index contributed by atoms with van der Waals surface area (Å²) in [6.45, 7) is 3.85. The summed E-state index contributed by atoms with van der Waals surface area (Å²) in [4.78, 5) is 70.7. The van der Waals surface area contributed by atoms with Gasteiger partial charge in [0.05, 0.1) is 16.8 Å². The van der Waals surface area contributed by atoms with E-state index in [-0.39, 0.29) is 29.9 Å². The smallest absolute Gasteiger partial charge is 0.264 e. The Hall–Kier alpha value is -4.86. The first-order valence-electron chi connectivity index (χ1n) is 13.1. The van der Waals surface area contributed by atoms with Crippen LogP contribution in [0.5, 0.6) is 0 Å². The Kier molecular flexibility index (Phi) is 5.98. The van der Waals surface area contributed by atoms with Crippen LogP contribution in [0.4, 0.5) is 17.1 Å². The van der Waals surface area contributed by atoms with Crippen LogP contribution in [0, 0.1) is 13.8 Å². The minimum absolute atomic E-state index is 0.0167. The molecule has 10 heteroatoms. The molecule has 3 aliphatic rings. The van der Waals surface area contributed by atoms with Crippen LogP contribution in [0.15, 0.2) is 42.5 Å². The van der Waals surface area contributed by atoms with Crippen LogP contribution < -0.4 is 15.5 Å². The highest BCUT2D eigenvalue weighted by Crippen LogP contribution is 2.41. The molecule has 3 aromatic rings. The number of aryl methyl sites for hydroxylation is 3. The van der Waals surface area contributed by atoms with E-state index in [1.54, 1.807) is 30.1 Å². The highest BCUT2D eigenvalue weighted by Gasteiger charge is 2.45. The lowest BCUT2D eigenvalue weighted by Gasteiger charge is -2.28. The molecule has 10 nitrogen and oxygen atoms in total. The lowest BCUT2D eigenvalue weighted by Crippen LogP contribution is -2.54. The zero-order valence-corrected chi connectivity index (χ0v) is 22.3. The van der Waals surface area contributed by atoms with Gasteiger partial charge in [0.1, 0.15) is 6.04 Å². The lowest BCUT2D eigenvalue weighted by atomic mass is 9.94. The van der Waals surface area contributed by atoms with Crippen molar-refractivity contribution in [2.45, 2.75) is 45.6 Å². The molecule has 0 aliphatic carbocycles. The molecule has 4 heterocycles.